The molecule has 0 fully saturated rings. The minimum atomic E-state index is -0.389. The average molecular weight is 169 g/mol. The van der Waals surface area contributed by atoms with Gasteiger partial charge in [0.05, 0.1) is 0 Å². The van der Waals surface area contributed by atoms with Gasteiger partial charge in [0.2, 0.25) is 0 Å². The third-order valence-corrected chi connectivity index (χ3v) is 1.59. The second-order valence-electron chi connectivity index (χ2n) is 2.13. The number of thiol groups is 1. The fourth-order valence-corrected chi connectivity index (χ4v) is 1.13. The van der Waals surface area contributed by atoms with Crippen LogP contribution in [0.1, 0.15) is 6.92 Å². The summed E-state index contributed by atoms with van der Waals surface area (Å²) in [6, 6.07) is 1.80. The summed E-state index contributed by atoms with van der Waals surface area (Å²) in [5, 5.41) is 13.7. The molecule has 0 aromatic heterocycles. The number of hydrogen-bond donors (Lipinski definition) is 3. The van der Waals surface area contributed by atoms with Crippen LogP contribution in [0.3, 0.4) is 0 Å². The summed E-state index contributed by atoms with van der Waals surface area (Å²) in [6.45, 7) is 1.67. The molecule has 58 valence electrons. The van der Waals surface area contributed by atoms with Gasteiger partial charge >= 0.3 is 0 Å². The Kier molecular flexibility index (Phi) is 2.06. The Labute approximate surface area is 69.7 Å². The number of allylic oxidation sites excluding steroid dienone is 1. The first-order valence-electron chi connectivity index (χ1n) is 3.01. The van der Waals surface area contributed by atoms with Crippen LogP contribution in [0.15, 0.2) is 11.3 Å². The molecule has 1 aliphatic rings. The molecule has 1 atom stereocenters. The van der Waals surface area contributed by atoms with Crippen LogP contribution >= 0.6 is 12.6 Å². The number of rotatable bonds is 0. The fourth-order valence-electron chi connectivity index (χ4n) is 0.815. The third kappa shape index (κ3) is 1.46. The molecule has 0 saturated heterocycles. The molecular formula is C6H7N3OS. The van der Waals surface area contributed by atoms with Crippen molar-refractivity contribution in [3.05, 3.63) is 11.3 Å². The average Bonchev–Trinajstić information content (AvgIpc) is 1.85. The second kappa shape index (κ2) is 2.84. The van der Waals surface area contributed by atoms with Crippen LogP contribution in [-0.2, 0) is 4.79 Å². The highest BCUT2D eigenvalue weighted by Crippen LogP contribution is 2.07. The number of carbonyl (C=O) groups excluding carboxylic acids is 1. The number of carbonyl (C=O) groups is 1. The lowest BCUT2D eigenvalue weighted by atomic mass is 10.2. The maximum atomic E-state index is 11.0. The predicted molar refractivity (Wildman–Crippen MR) is 42.4 cm³/mol. The second-order valence-corrected chi connectivity index (χ2v) is 2.65. The topological polar surface area (TPSA) is 64.9 Å². The zero-order valence-corrected chi connectivity index (χ0v) is 6.77. The van der Waals surface area contributed by atoms with Crippen LogP contribution in [0.2, 0.25) is 0 Å². The standard InChI is InChI=1S/C6H7N3OS/c1-3-4(2-7)5(10)9-6(11)8-3/h6,8,11H,1H3,(H,9,10). The highest BCUT2D eigenvalue weighted by Gasteiger charge is 2.20. The van der Waals surface area contributed by atoms with Gasteiger partial charge in [0.15, 0.2) is 0 Å². The van der Waals surface area contributed by atoms with Crippen LogP contribution in [0, 0.1) is 11.3 Å². The van der Waals surface area contributed by atoms with E-state index in [2.05, 4.69) is 23.3 Å². The summed E-state index contributed by atoms with van der Waals surface area (Å²) in [5.74, 6) is -0.372. The van der Waals surface area contributed by atoms with E-state index in [1.54, 1.807) is 13.0 Å². The molecule has 1 heterocycles. The van der Waals surface area contributed by atoms with Crippen molar-refractivity contribution in [2.75, 3.05) is 0 Å². The van der Waals surface area contributed by atoms with E-state index in [-0.39, 0.29) is 17.0 Å². The Balaban J connectivity index is 2.97. The molecule has 5 heteroatoms. The van der Waals surface area contributed by atoms with E-state index in [1.165, 1.54) is 0 Å². The maximum absolute atomic E-state index is 11.0. The van der Waals surface area contributed by atoms with Crippen LogP contribution in [0.25, 0.3) is 0 Å². The minimum absolute atomic E-state index is 0.121. The van der Waals surface area contributed by atoms with Gasteiger partial charge in [-0.1, -0.05) is 0 Å². The van der Waals surface area contributed by atoms with Gasteiger partial charge < -0.3 is 10.6 Å². The Bertz CT molecular complexity index is 265. The van der Waals surface area contributed by atoms with Crippen molar-refractivity contribution in [1.29, 1.82) is 5.26 Å². The van der Waals surface area contributed by atoms with Crippen LogP contribution < -0.4 is 10.6 Å². The molecule has 1 amide bonds. The summed E-state index contributed by atoms with van der Waals surface area (Å²) >= 11 is 3.97. The lowest BCUT2D eigenvalue weighted by Crippen LogP contribution is -2.46. The Morgan fingerprint density at radius 3 is 2.73 bits per heavy atom. The van der Waals surface area contributed by atoms with E-state index < -0.39 is 0 Å². The van der Waals surface area contributed by atoms with Gasteiger partial charge in [-0.2, -0.15) is 5.26 Å². The third-order valence-electron chi connectivity index (χ3n) is 1.33. The van der Waals surface area contributed by atoms with Crippen molar-refractivity contribution in [3.63, 3.8) is 0 Å². The molecule has 1 unspecified atom stereocenters. The maximum Gasteiger partial charge on any atom is 0.265 e. The van der Waals surface area contributed by atoms with Gasteiger partial charge in [-0.15, -0.1) is 12.6 Å². The molecule has 0 saturated carbocycles. The largest absolute Gasteiger partial charge is 0.359 e. The zero-order valence-electron chi connectivity index (χ0n) is 5.88. The van der Waals surface area contributed by atoms with E-state index in [9.17, 15) is 4.79 Å². The summed E-state index contributed by atoms with van der Waals surface area (Å²) in [5.41, 5.74) is 0.297. The van der Waals surface area contributed by atoms with Gasteiger partial charge in [-0.3, -0.25) is 4.79 Å². The molecule has 0 aromatic rings. The molecule has 0 aromatic carbocycles. The summed E-state index contributed by atoms with van der Waals surface area (Å²) < 4.78 is 0. The molecule has 11 heavy (non-hydrogen) atoms. The minimum Gasteiger partial charge on any atom is -0.359 e. The van der Waals surface area contributed by atoms with Gasteiger partial charge in [0.1, 0.15) is 17.1 Å². The van der Waals surface area contributed by atoms with Gasteiger partial charge in [0, 0.05) is 5.70 Å². The fraction of sp³-hybridized carbons (Fsp3) is 0.333. The Morgan fingerprint density at radius 2 is 2.27 bits per heavy atom. The molecule has 0 aliphatic carbocycles. The lowest BCUT2D eigenvalue weighted by molar-refractivity contribution is -0.117. The molecular weight excluding hydrogens is 162 g/mol. The summed E-state index contributed by atoms with van der Waals surface area (Å²) in [4.78, 5) is 11.0. The molecule has 0 radical (unpaired) electrons. The van der Waals surface area contributed by atoms with Gasteiger partial charge in [-0.25, -0.2) is 0 Å². The SMILES string of the molecule is CC1=C(C#N)C(=O)NC(S)N1. The number of nitriles is 1. The Hall–Kier alpha value is -1.15. The number of nitrogens with one attached hydrogen (secondary N) is 2. The molecule has 4 nitrogen and oxygen atoms in total. The predicted octanol–water partition coefficient (Wildman–Crippen LogP) is -0.283. The van der Waals surface area contributed by atoms with E-state index in [1.807, 2.05) is 0 Å². The first-order valence-corrected chi connectivity index (χ1v) is 3.53. The lowest BCUT2D eigenvalue weighted by Gasteiger charge is -2.21. The van der Waals surface area contributed by atoms with E-state index in [4.69, 9.17) is 5.26 Å². The van der Waals surface area contributed by atoms with E-state index in [0.29, 0.717) is 5.70 Å². The number of nitrogens with zero attached hydrogens (tertiary/aromatic N) is 1. The van der Waals surface area contributed by atoms with Gasteiger partial charge in [0.25, 0.3) is 5.91 Å². The Morgan fingerprint density at radius 1 is 1.64 bits per heavy atom. The first kappa shape index (κ1) is 7.95. The van der Waals surface area contributed by atoms with E-state index in [0.717, 1.165) is 0 Å². The smallest absolute Gasteiger partial charge is 0.265 e. The monoisotopic (exact) mass is 169 g/mol. The number of hydrogen-bond acceptors (Lipinski definition) is 4. The van der Waals surface area contributed by atoms with Crippen LogP contribution in [0.4, 0.5) is 0 Å². The highest BCUT2D eigenvalue weighted by atomic mass is 32.1. The highest BCUT2D eigenvalue weighted by molar-refractivity contribution is 7.80. The van der Waals surface area contributed by atoms with Crippen LogP contribution in [0.5, 0.6) is 0 Å². The summed E-state index contributed by atoms with van der Waals surface area (Å²) in [7, 11) is 0. The molecule has 1 rings (SSSR count). The normalized spacial score (nSPS) is 23.7. The molecule has 0 bridgehead atoms. The van der Waals surface area contributed by atoms with Crippen molar-refractivity contribution >= 4 is 18.5 Å². The van der Waals surface area contributed by atoms with Crippen molar-refractivity contribution in [2.45, 2.75) is 12.4 Å². The number of amides is 1. The molecule has 0 spiro atoms. The van der Waals surface area contributed by atoms with Crippen molar-refractivity contribution in [1.82, 2.24) is 10.6 Å². The van der Waals surface area contributed by atoms with Crippen molar-refractivity contribution in [3.8, 4) is 6.07 Å². The molecule has 2 N–H and O–H groups in total. The van der Waals surface area contributed by atoms with Crippen LogP contribution in [-0.4, -0.2) is 11.4 Å². The van der Waals surface area contributed by atoms with E-state index >= 15 is 0 Å². The summed E-state index contributed by atoms with van der Waals surface area (Å²) in [6.07, 6.45) is 0. The zero-order chi connectivity index (χ0) is 8.43. The van der Waals surface area contributed by atoms with Crippen molar-refractivity contribution in [2.24, 2.45) is 0 Å². The van der Waals surface area contributed by atoms with Crippen molar-refractivity contribution < 1.29 is 4.79 Å². The first-order chi connectivity index (χ1) is 5.15. The molecule has 1 aliphatic heterocycles. The quantitative estimate of drug-likeness (QED) is 0.437. The van der Waals surface area contributed by atoms with Gasteiger partial charge in [-0.05, 0) is 6.92 Å².